The predicted molar refractivity (Wildman–Crippen MR) is 72.1 cm³/mol. The fourth-order valence-electron chi connectivity index (χ4n) is 2.39. The van der Waals surface area contributed by atoms with Gasteiger partial charge in [0.05, 0.1) is 13.2 Å². The van der Waals surface area contributed by atoms with Crippen molar-refractivity contribution in [2.24, 2.45) is 0 Å². The Hall–Kier alpha value is -1.47. The maximum Gasteiger partial charge on any atom is 0.378 e. The number of cyclic esters (lactones) is 1. The molecule has 0 aromatic heterocycles. The molecule has 7 atom stereocenters. The first-order valence-corrected chi connectivity index (χ1v) is 7.09. The average Bonchev–Trinajstić information content (AvgIpc) is 2.82. The molecule has 7 N–H and O–H groups in total. The molecule has 0 radical (unpaired) electrons. The largest absolute Gasteiger partial charge is 0.505 e. The number of esters is 1. The minimum absolute atomic E-state index is 0.713. The zero-order valence-electron chi connectivity index (χ0n) is 12.6. The van der Waals surface area contributed by atoms with Gasteiger partial charge in [0.15, 0.2) is 17.5 Å². The fourth-order valence-corrected chi connectivity index (χ4v) is 2.39. The van der Waals surface area contributed by atoms with E-state index in [1.54, 1.807) is 0 Å². The summed E-state index contributed by atoms with van der Waals surface area (Å²) in [5.41, 5.74) is -2.20. The Balaban J connectivity index is 2.25. The first kappa shape index (κ1) is 18.9. The average molecular weight is 352 g/mol. The molecule has 0 aliphatic carbocycles. The molecular weight excluding hydrogens is 332 g/mol. The topological polar surface area (TPSA) is 186 Å². The lowest BCUT2D eigenvalue weighted by molar-refractivity contribution is -0.327. The van der Waals surface area contributed by atoms with Crippen molar-refractivity contribution < 1.29 is 54.8 Å². The maximum atomic E-state index is 11.7. The fraction of sp³-hybridized carbons (Fsp3) is 0.769. The molecule has 0 saturated carbocycles. The van der Waals surface area contributed by atoms with E-state index in [9.17, 15) is 30.3 Å². The van der Waals surface area contributed by atoms with Crippen molar-refractivity contribution in [3.63, 3.8) is 0 Å². The van der Waals surface area contributed by atoms with Crippen molar-refractivity contribution >= 4 is 5.97 Å². The minimum Gasteiger partial charge on any atom is -0.505 e. The second-order valence-electron chi connectivity index (χ2n) is 5.76. The molecule has 2 unspecified atom stereocenters. The van der Waals surface area contributed by atoms with E-state index in [2.05, 4.69) is 4.74 Å². The smallest absolute Gasteiger partial charge is 0.378 e. The molecule has 2 heterocycles. The molecule has 24 heavy (non-hydrogen) atoms. The number of carbonyl (C=O) groups is 1. The first-order valence-electron chi connectivity index (χ1n) is 7.09. The molecule has 11 heteroatoms. The number of hydrogen-bond donors (Lipinski definition) is 7. The highest BCUT2D eigenvalue weighted by Crippen LogP contribution is 2.34. The summed E-state index contributed by atoms with van der Waals surface area (Å²) in [6.07, 6.45) is -9.62. The van der Waals surface area contributed by atoms with E-state index in [1.807, 2.05) is 0 Å². The van der Waals surface area contributed by atoms with Gasteiger partial charge in [0.25, 0.3) is 0 Å². The van der Waals surface area contributed by atoms with Crippen LogP contribution in [0.25, 0.3) is 0 Å². The summed E-state index contributed by atoms with van der Waals surface area (Å²) in [6.45, 7) is -0.461. The molecule has 0 spiro atoms. The molecule has 2 aliphatic heterocycles. The van der Waals surface area contributed by atoms with Gasteiger partial charge in [0.1, 0.15) is 24.4 Å². The number of aliphatic hydroxyl groups is 7. The van der Waals surface area contributed by atoms with E-state index in [0.29, 0.717) is 0 Å². The molecule has 0 aromatic carbocycles. The Morgan fingerprint density at radius 1 is 1.33 bits per heavy atom. The summed E-state index contributed by atoms with van der Waals surface area (Å²) < 4.78 is 14.8. The van der Waals surface area contributed by atoms with Crippen LogP contribution >= 0.6 is 0 Å². The molecule has 138 valence electrons. The molecule has 0 aromatic rings. The lowest BCUT2D eigenvalue weighted by Crippen LogP contribution is -2.65. The Morgan fingerprint density at radius 3 is 2.50 bits per heavy atom. The van der Waals surface area contributed by atoms with Crippen LogP contribution in [0.1, 0.15) is 6.92 Å². The van der Waals surface area contributed by atoms with Crippen molar-refractivity contribution in [3.05, 3.63) is 11.5 Å². The van der Waals surface area contributed by atoms with E-state index < -0.39 is 73.1 Å². The zero-order valence-corrected chi connectivity index (χ0v) is 12.6. The SMILES string of the molecule is C[C@@]1(O)[C@@H](OC2=C(O)C(C(O)CO)OC2=O)O[C@H](CO)[C@@H](O)[C@@H]1O. The number of hydrogen-bond acceptors (Lipinski definition) is 11. The Labute approximate surface area is 135 Å². The van der Waals surface area contributed by atoms with Crippen LogP contribution in [0.2, 0.25) is 0 Å². The standard InChI is InChI=1S/C13H20O11/c1-13(21)10(19)6(17)5(3-15)22-12(13)24-9-7(18)8(4(16)2-14)23-11(9)20/h4-6,8,10,12,14-19,21H,2-3H2,1H3/t4?,5-,6-,8?,10+,12-,13+/m1/s1. The van der Waals surface area contributed by atoms with Crippen molar-refractivity contribution in [1.82, 2.24) is 0 Å². The maximum absolute atomic E-state index is 11.7. The van der Waals surface area contributed by atoms with E-state index in [-0.39, 0.29) is 0 Å². The van der Waals surface area contributed by atoms with E-state index in [1.165, 1.54) is 0 Å². The summed E-state index contributed by atoms with van der Waals surface area (Å²) in [5.74, 6) is -2.81. The van der Waals surface area contributed by atoms with Crippen LogP contribution in [-0.4, -0.2) is 97.3 Å². The van der Waals surface area contributed by atoms with Crippen molar-refractivity contribution in [2.75, 3.05) is 13.2 Å². The Bertz CT molecular complexity index is 516. The van der Waals surface area contributed by atoms with Crippen molar-refractivity contribution in [2.45, 2.75) is 49.3 Å². The highest BCUT2D eigenvalue weighted by molar-refractivity contribution is 5.89. The lowest BCUT2D eigenvalue weighted by Gasteiger charge is -2.45. The quantitative estimate of drug-likeness (QED) is 0.241. The zero-order chi connectivity index (χ0) is 18.2. The molecule has 11 nitrogen and oxygen atoms in total. The molecule has 2 aliphatic rings. The second-order valence-corrected chi connectivity index (χ2v) is 5.76. The number of rotatable bonds is 5. The van der Waals surface area contributed by atoms with E-state index in [4.69, 9.17) is 19.7 Å². The minimum atomic E-state index is -2.20. The van der Waals surface area contributed by atoms with E-state index in [0.717, 1.165) is 6.92 Å². The van der Waals surface area contributed by atoms with Crippen LogP contribution in [-0.2, 0) is 19.0 Å². The third-order valence-electron chi connectivity index (χ3n) is 3.94. The highest BCUT2D eigenvalue weighted by Gasteiger charge is 2.54. The van der Waals surface area contributed by atoms with Gasteiger partial charge in [0.2, 0.25) is 12.0 Å². The monoisotopic (exact) mass is 352 g/mol. The lowest BCUT2D eigenvalue weighted by atomic mass is 9.88. The first-order chi connectivity index (χ1) is 11.1. The van der Waals surface area contributed by atoms with Crippen LogP contribution in [0, 0.1) is 0 Å². The molecule has 2 rings (SSSR count). The van der Waals surface area contributed by atoms with Crippen molar-refractivity contribution in [3.8, 4) is 0 Å². The van der Waals surface area contributed by atoms with Gasteiger partial charge >= 0.3 is 5.97 Å². The van der Waals surface area contributed by atoms with E-state index >= 15 is 0 Å². The van der Waals surface area contributed by atoms with Gasteiger partial charge in [-0.15, -0.1) is 0 Å². The van der Waals surface area contributed by atoms with Crippen LogP contribution < -0.4 is 0 Å². The Kier molecular flexibility index (Phi) is 5.34. The molecule has 1 saturated heterocycles. The van der Waals surface area contributed by atoms with Crippen LogP contribution in [0.3, 0.4) is 0 Å². The molecule has 0 bridgehead atoms. The third kappa shape index (κ3) is 3.07. The van der Waals surface area contributed by atoms with Crippen LogP contribution in [0.4, 0.5) is 0 Å². The summed E-state index contributed by atoms with van der Waals surface area (Å²) in [5, 5.41) is 67.3. The second kappa shape index (κ2) is 6.80. The van der Waals surface area contributed by atoms with Gasteiger partial charge in [-0.1, -0.05) is 0 Å². The summed E-state index contributed by atoms with van der Waals surface area (Å²) >= 11 is 0. The summed E-state index contributed by atoms with van der Waals surface area (Å²) in [6, 6.07) is 0. The van der Waals surface area contributed by atoms with Gasteiger partial charge in [-0.05, 0) is 6.92 Å². The number of aliphatic hydroxyl groups excluding tert-OH is 6. The van der Waals surface area contributed by atoms with Gasteiger partial charge in [-0.25, -0.2) is 4.79 Å². The van der Waals surface area contributed by atoms with Crippen LogP contribution in [0.5, 0.6) is 0 Å². The van der Waals surface area contributed by atoms with Gasteiger partial charge in [0, 0.05) is 0 Å². The molecule has 1 fully saturated rings. The molecule has 0 amide bonds. The van der Waals surface area contributed by atoms with Gasteiger partial charge in [-0.2, -0.15) is 0 Å². The predicted octanol–water partition coefficient (Wildman–Crippen LogP) is -3.76. The summed E-state index contributed by atoms with van der Waals surface area (Å²) in [7, 11) is 0. The summed E-state index contributed by atoms with van der Waals surface area (Å²) in [4.78, 5) is 11.7. The number of carbonyl (C=O) groups excluding carboxylic acids is 1. The molecular formula is C13H20O11. The van der Waals surface area contributed by atoms with Gasteiger partial charge in [-0.3, -0.25) is 0 Å². The third-order valence-corrected chi connectivity index (χ3v) is 3.94. The highest BCUT2D eigenvalue weighted by atomic mass is 16.7. The van der Waals surface area contributed by atoms with Crippen LogP contribution in [0.15, 0.2) is 11.5 Å². The van der Waals surface area contributed by atoms with Crippen molar-refractivity contribution in [1.29, 1.82) is 0 Å². The normalized spacial score (nSPS) is 41.3. The van der Waals surface area contributed by atoms with Gasteiger partial charge < -0.3 is 50.0 Å². The number of ether oxygens (including phenoxy) is 3. The Morgan fingerprint density at radius 2 is 1.96 bits per heavy atom.